The molecule has 0 unspecified atom stereocenters. The second-order valence-electron chi connectivity index (χ2n) is 6.84. The number of aromatic nitrogens is 2. The summed E-state index contributed by atoms with van der Waals surface area (Å²) >= 11 is 0. The molecule has 6 heteroatoms. The molecule has 0 aromatic carbocycles. The molecule has 1 saturated carbocycles. The molecule has 2 fully saturated rings. The van der Waals surface area contributed by atoms with Crippen LogP contribution in [0.5, 0.6) is 0 Å². The van der Waals surface area contributed by atoms with Gasteiger partial charge in [0.25, 0.3) is 0 Å². The molecule has 1 amide bonds. The summed E-state index contributed by atoms with van der Waals surface area (Å²) in [6, 6.07) is 0.804. The minimum Gasteiger partial charge on any atom is -0.339 e. The van der Waals surface area contributed by atoms with Crippen molar-refractivity contribution in [1.82, 2.24) is 24.9 Å². The number of nitrogens with one attached hydrogen (secondary N) is 1. The number of fused-ring (bicyclic) bond motifs is 1. The first kappa shape index (κ1) is 14.2. The summed E-state index contributed by atoms with van der Waals surface area (Å²) in [4.78, 5) is 19.4. The van der Waals surface area contributed by atoms with E-state index in [4.69, 9.17) is 0 Å². The maximum atomic E-state index is 12.5. The zero-order valence-electron chi connectivity index (χ0n) is 13.1. The molecular formula is C16H25N5O. The Morgan fingerprint density at radius 2 is 2.05 bits per heavy atom. The molecule has 1 saturated heterocycles. The molecule has 1 aromatic rings. The first-order valence-electron chi connectivity index (χ1n) is 8.55. The molecule has 2 aliphatic heterocycles. The van der Waals surface area contributed by atoms with E-state index in [0.717, 1.165) is 51.7 Å². The topological polar surface area (TPSA) is 55.5 Å². The van der Waals surface area contributed by atoms with Gasteiger partial charge in [-0.3, -0.25) is 19.7 Å². The van der Waals surface area contributed by atoms with Gasteiger partial charge in [0, 0.05) is 63.0 Å². The normalized spacial score (nSPS) is 24.1. The molecule has 1 aromatic heterocycles. The number of hydrogen-bond acceptors (Lipinski definition) is 4. The number of rotatable bonds is 3. The highest BCUT2D eigenvalue weighted by molar-refractivity contribution is 5.78. The summed E-state index contributed by atoms with van der Waals surface area (Å²) in [5.41, 5.74) is 2.48. The first-order valence-corrected chi connectivity index (χ1v) is 8.55. The summed E-state index contributed by atoms with van der Waals surface area (Å²) < 4.78 is 0. The van der Waals surface area contributed by atoms with E-state index < -0.39 is 0 Å². The van der Waals surface area contributed by atoms with Crippen LogP contribution in [0.1, 0.15) is 30.5 Å². The lowest BCUT2D eigenvalue weighted by Crippen LogP contribution is -2.55. The number of amides is 1. The van der Waals surface area contributed by atoms with Crippen LogP contribution in [-0.2, 0) is 17.8 Å². The van der Waals surface area contributed by atoms with Crippen molar-refractivity contribution < 1.29 is 4.79 Å². The minimum absolute atomic E-state index is 0.292. The summed E-state index contributed by atoms with van der Waals surface area (Å²) in [7, 11) is 0. The average molecular weight is 303 g/mol. The van der Waals surface area contributed by atoms with Crippen molar-refractivity contribution in [3.63, 3.8) is 0 Å². The van der Waals surface area contributed by atoms with Gasteiger partial charge in [-0.2, -0.15) is 5.10 Å². The highest BCUT2D eigenvalue weighted by atomic mass is 16.2. The van der Waals surface area contributed by atoms with Crippen LogP contribution >= 0.6 is 0 Å². The Labute approximate surface area is 131 Å². The third-order valence-corrected chi connectivity index (χ3v) is 5.50. The van der Waals surface area contributed by atoms with E-state index in [1.54, 1.807) is 0 Å². The van der Waals surface area contributed by atoms with Crippen LogP contribution < -0.4 is 0 Å². The van der Waals surface area contributed by atoms with Gasteiger partial charge in [-0.25, -0.2) is 0 Å². The van der Waals surface area contributed by atoms with Gasteiger partial charge in [0.2, 0.25) is 5.91 Å². The molecule has 1 aliphatic carbocycles. The van der Waals surface area contributed by atoms with Gasteiger partial charge < -0.3 is 4.90 Å². The number of hydrogen-bond donors (Lipinski definition) is 1. The Kier molecular flexibility index (Phi) is 3.88. The Morgan fingerprint density at radius 3 is 2.77 bits per heavy atom. The lowest BCUT2D eigenvalue weighted by atomic mass is 9.91. The van der Waals surface area contributed by atoms with Crippen molar-refractivity contribution >= 4 is 5.91 Å². The van der Waals surface area contributed by atoms with Gasteiger partial charge in [0.05, 0.1) is 12.7 Å². The Morgan fingerprint density at radius 1 is 1.23 bits per heavy atom. The first-order chi connectivity index (χ1) is 10.8. The van der Waals surface area contributed by atoms with Crippen molar-refractivity contribution in [3.05, 3.63) is 17.5 Å². The van der Waals surface area contributed by atoms with Crippen LogP contribution in [0.3, 0.4) is 0 Å². The lowest BCUT2D eigenvalue weighted by molar-refractivity contribution is -0.135. The monoisotopic (exact) mass is 303 g/mol. The van der Waals surface area contributed by atoms with Crippen LogP contribution in [0.15, 0.2) is 6.20 Å². The van der Waals surface area contributed by atoms with Gasteiger partial charge in [0.15, 0.2) is 0 Å². The van der Waals surface area contributed by atoms with Crippen LogP contribution in [0.2, 0.25) is 0 Å². The van der Waals surface area contributed by atoms with Crippen LogP contribution in [0, 0.1) is 0 Å². The molecule has 0 bridgehead atoms. The summed E-state index contributed by atoms with van der Waals surface area (Å²) in [6.07, 6.45) is 6.96. The van der Waals surface area contributed by atoms with Crippen molar-refractivity contribution in [2.75, 3.05) is 39.3 Å². The van der Waals surface area contributed by atoms with E-state index in [9.17, 15) is 4.79 Å². The van der Waals surface area contributed by atoms with Crippen LogP contribution in [-0.4, -0.2) is 76.1 Å². The fourth-order valence-electron chi connectivity index (χ4n) is 3.79. The number of H-pyrrole nitrogens is 1. The third-order valence-electron chi connectivity index (χ3n) is 5.50. The maximum absolute atomic E-state index is 12.5. The second-order valence-corrected chi connectivity index (χ2v) is 6.84. The van der Waals surface area contributed by atoms with Crippen molar-refractivity contribution in [2.24, 2.45) is 0 Å². The SMILES string of the molecule is O=C(CN1CCc2[nH]ncc2C1)N1CCN(C2CCC2)CC1. The Balaban J connectivity index is 1.26. The predicted octanol–water partition coefficient (Wildman–Crippen LogP) is 0.465. The van der Waals surface area contributed by atoms with E-state index in [1.165, 1.54) is 30.5 Å². The zero-order valence-corrected chi connectivity index (χ0v) is 13.1. The predicted molar refractivity (Wildman–Crippen MR) is 83.4 cm³/mol. The largest absolute Gasteiger partial charge is 0.339 e. The van der Waals surface area contributed by atoms with E-state index in [-0.39, 0.29) is 0 Å². The van der Waals surface area contributed by atoms with E-state index in [1.807, 2.05) is 6.20 Å². The second kappa shape index (κ2) is 6.01. The molecular weight excluding hydrogens is 278 g/mol. The number of carbonyl (C=O) groups excluding carboxylic acids is 1. The summed E-state index contributed by atoms with van der Waals surface area (Å²) in [6.45, 7) is 6.27. The average Bonchev–Trinajstić information content (AvgIpc) is 2.94. The standard InChI is InChI=1S/C16H25N5O/c22-16(12-19-5-4-15-13(11-19)10-17-18-15)21-8-6-20(7-9-21)14-2-1-3-14/h10,14H,1-9,11-12H2,(H,17,18). The third kappa shape index (κ3) is 2.77. The van der Waals surface area contributed by atoms with E-state index in [2.05, 4.69) is 24.9 Å². The highest BCUT2D eigenvalue weighted by Gasteiger charge is 2.30. The quantitative estimate of drug-likeness (QED) is 0.882. The molecule has 120 valence electrons. The van der Waals surface area contributed by atoms with E-state index in [0.29, 0.717) is 12.5 Å². The minimum atomic E-state index is 0.292. The zero-order chi connectivity index (χ0) is 14.9. The number of nitrogens with zero attached hydrogens (tertiary/aromatic N) is 4. The van der Waals surface area contributed by atoms with Crippen molar-refractivity contribution in [1.29, 1.82) is 0 Å². The summed E-state index contributed by atoms with van der Waals surface area (Å²) in [5.74, 6) is 0.292. The molecule has 3 aliphatic rings. The van der Waals surface area contributed by atoms with Gasteiger partial charge in [-0.1, -0.05) is 6.42 Å². The summed E-state index contributed by atoms with van der Waals surface area (Å²) in [5, 5.41) is 7.14. The van der Waals surface area contributed by atoms with Gasteiger partial charge in [0.1, 0.15) is 0 Å². The fourth-order valence-corrected chi connectivity index (χ4v) is 3.79. The number of aromatic amines is 1. The Hall–Kier alpha value is -1.40. The lowest BCUT2D eigenvalue weighted by Gasteiger charge is -2.43. The fraction of sp³-hybridized carbons (Fsp3) is 0.750. The number of piperazine rings is 1. The smallest absolute Gasteiger partial charge is 0.236 e. The molecule has 3 heterocycles. The van der Waals surface area contributed by atoms with Crippen molar-refractivity contribution in [3.8, 4) is 0 Å². The maximum Gasteiger partial charge on any atom is 0.236 e. The highest BCUT2D eigenvalue weighted by Crippen LogP contribution is 2.25. The molecule has 1 N–H and O–H groups in total. The van der Waals surface area contributed by atoms with Gasteiger partial charge >= 0.3 is 0 Å². The number of carbonyl (C=O) groups is 1. The van der Waals surface area contributed by atoms with E-state index >= 15 is 0 Å². The van der Waals surface area contributed by atoms with Gasteiger partial charge in [-0.15, -0.1) is 0 Å². The molecule has 6 nitrogen and oxygen atoms in total. The Bertz CT molecular complexity index is 530. The molecule has 22 heavy (non-hydrogen) atoms. The van der Waals surface area contributed by atoms with Crippen molar-refractivity contribution in [2.45, 2.75) is 38.3 Å². The molecule has 4 rings (SSSR count). The van der Waals surface area contributed by atoms with Crippen LogP contribution in [0.4, 0.5) is 0 Å². The molecule has 0 spiro atoms. The van der Waals surface area contributed by atoms with Crippen LogP contribution in [0.25, 0.3) is 0 Å². The van der Waals surface area contributed by atoms with Gasteiger partial charge in [-0.05, 0) is 12.8 Å². The molecule has 0 radical (unpaired) electrons. The molecule has 0 atom stereocenters.